The van der Waals surface area contributed by atoms with Gasteiger partial charge in [0, 0.05) is 37.8 Å². The summed E-state index contributed by atoms with van der Waals surface area (Å²) in [5.74, 6) is 1.75. The molecule has 6 heteroatoms. The van der Waals surface area contributed by atoms with Crippen LogP contribution in [0.2, 0.25) is 0 Å². The van der Waals surface area contributed by atoms with Crippen LogP contribution >= 0.6 is 0 Å². The van der Waals surface area contributed by atoms with Crippen LogP contribution in [0.25, 0.3) is 0 Å². The predicted molar refractivity (Wildman–Crippen MR) is 85.0 cm³/mol. The van der Waals surface area contributed by atoms with E-state index in [4.69, 9.17) is 9.15 Å². The van der Waals surface area contributed by atoms with E-state index in [2.05, 4.69) is 10.4 Å². The molecule has 0 bridgehead atoms. The Morgan fingerprint density at radius 2 is 2.26 bits per heavy atom. The van der Waals surface area contributed by atoms with Gasteiger partial charge in [-0.05, 0) is 32.4 Å². The molecule has 0 radical (unpaired) electrons. The molecule has 0 aromatic carbocycles. The maximum atomic E-state index is 12.2. The van der Waals surface area contributed by atoms with E-state index in [9.17, 15) is 4.79 Å². The molecule has 1 aliphatic rings. The summed E-state index contributed by atoms with van der Waals surface area (Å²) < 4.78 is 13.2. The first-order valence-corrected chi connectivity index (χ1v) is 7.99. The summed E-state index contributed by atoms with van der Waals surface area (Å²) in [6, 6.07) is 3.84. The first-order valence-electron chi connectivity index (χ1n) is 7.99. The van der Waals surface area contributed by atoms with Crippen LogP contribution in [-0.4, -0.2) is 28.3 Å². The standard InChI is InChI=1S/C17H23N3O3/c1-11-4-5-13(23-11)6-7-16(21)19-15-8-9-22-17(15)14-10-18-20(3)12(14)2/h4-5,10,15,17H,6-9H2,1-3H3,(H,19,21)/t15-,17+/m0/s1. The van der Waals surface area contributed by atoms with Crippen LogP contribution in [0, 0.1) is 13.8 Å². The van der Waals surface area contributed by atoms with E-state index in [-0.39, 0.29) is 18.1 Å². The van der Waals surface area contributed by atoms with Crippen molar-refractivity contribution < 1.29 is 13.9 Å². The SMILES string of the molecule is Cc1ccc(CCC(=O)N[C@H]2CCO[C@@H]2c2cnn(C)c2C)o1. The molecule has 1 aliphatic heterocycles. The highest BCUT2D eigenvalue weighted by molar-refractivity contribution is 5.76. The molecule has 2 atom stereocenters. The van der Waals surface area contributed by atoms with Crippen molar-refractivity contribution in [3.05, 3.63) is 41.1 Å². The van der Waals surface area contributed by atoms with Crippen molar-refractivity contribution in [1.82, 2.24) is 15.1 Å². The van der Waals surface area contributed by atoms with Gasteiger partial charge in [-0.2, -0.15) is 5.10 Å². The number of nitrogens with zero attached hydrogens (tertiary/aromatic N) is 2. The van der Waals surface area contributed by atoms with Crippen molar-refractivity contribution >= 4 is 5.91 Å². The molecule has 6 nitrogen and oxygen atoms in total. The van der Waals surface area contributed by atoms with E-state index in [0.717, 1.165) is 29.2 Å². The van der Waals surface area contributed by atoms with E-state index in [1.807, 2.05) is 43.9 Å². The minimum atomic E-state index is -0.112. The maximum Gasteiger partial charge on any atom is 0.220 e. The monoisotopic (exact) mass is 317 g/mol. The molecule has 1 fully saturated rings. The molecular weight excluding hydrogens is 294 g/mol. The molecule has 0 aliphatic carbocycles. The zero-order valence-corrected chi connectivity index (χ0v) is 13.8. The summed E-state index contributed by atoms with van der Waals surface area (Å²) in [4.78, 5) is 12.2. The second-order valence-corrected chi connectivity index (χ2v) is 6.08. The molecule has 0 spiro atoms. The number of nitrogens with one attached hydrogen (secondary N) is 1. The number of amides is 1. The van der Waals surface area contributed by atoms with Gasteiger partial charge in [-0.1, -0.05) is 0 Å². The van der Waals surface area contributed by atoms with Gasteiger partial charge in [0.25, 0.3) is 0 Å². The summed E-state index contributed by atoms with van der Waals surface area (Å²) in [6.45, 7) is 4.57. The van der Waals surface area contributed by atoms with Gasteiger partial charge in [-0.15, -0.1) is 0 Å². The normalized spacial score (nSPS) is 20.8. The average molecular weight is 317 g/mol. The highest BCUT2D eigenvalue weighted by Crippen LogP contribution is 2.31. The van der Waals surface area contributed by atoms with E-state index in [1.165, 1.54) is 0 Å². The Bertz CT molecular complexity index is 689. The van der Waals surface area contributed by atoms with Crippen molar-refractivity contribution in [2.75, 3.05) is 6.61 Å². The van der Waals surface area contributed by atoms with Gasteiger partial charge in [-0.3, -0.25) is 9.48 Å². The number of hydrogen-bond donors (Lipinski definition) is 1. The van der Waals surface area contributed by atoms with Crippen LogP contribution in [0.1, 0.15) is 41.7 Å². The van der Waals surface area contributed by atoms with Crippen LogP contribution in [0.5, 0.6) is 0 Å². The molecule has 124 valence electrons. The topological polar surface area (TPSA) is 69.3 Å². The van der Waals surface area contributed by atoms with Gasteiger partial charge >= 0.3 is 0 Å². The van der Waals surface area contributed by atoms with E-state index >= 15 is 0 Å². The maximum absolute atomic E-state index is 12.2. The zero-order valence-electron chi connectivity index (χ0n) is 13.8. The Kier molecular flexibility index (Phi) is 4.52. The van der Waals surface area contributed by atoms with Crippen LogP contribution < -0.4 is 5.32 Å². The van der Waals surface area contributed by atoms with Crippen LogP contribution in [-0.2, 0) is 23.0 Å². The van der Waals surface area contributed by atoms with Crippen molar-refractivity contribution in [2.45, 2.75) is 45.3 Å². The fourth-order valence-corrected chi connectivity index (χ4v) is 2.97. The van der Waals surface area contributed by atoms with Crippen molar-refractivity contribution in [2.24, 2.45) is 7.05 Å². The number of rotatable bonds is 5. The Morgan fingerprint density at radius 3 is 2.91 bits per heavy atom. The molecule has 1 amide bonds. The lowest BCUT2D eigenvalue weighted by atomic mass is 10.0. The molecule has 2 aromatic rings. The van der Waals surface area contributed by atoms with Gasteiger partial charge in [-0.25, -0.2) is 0 Å². The first-order chi connectivity index (χ1) is 11.0. The van der Waals surface area contributed by atoms with Crippen LogP contribution in [0.15, 0.2) is 22.7 Å². The molecule has 2 aromatic heterocycles. The smallest absolute Gasteiger partial charge is 0.220 e. The third-order valence-electron chi connectivity index (χ3n) is 4.41. The average Bonchev–Trinajstić information content (AvgIpc) is 3.21. The Hall–Kier alpha value is -2.08. The number of aromatic nitrogens is 2. The first kappa shape index (κ1) is 15.8. The van der Waals surface area contributed by atoms with Crippen molar-refractivity contribution in [3.8, 4) is 0 Å². The molecule has 3 heterocycles. The summed E-state index contributed by atoms with van der Waals surface area (Å²) in [7, 11) is 1.91. The van der Waals surface area contributed by atoms with Crippen LogP contribution in [0.4, 0.5) is 0 Å². The van der Waals surface area contributed by atoms with E-state index in [0.29, 0.717) is 19.4 Å². The summed E-state index contributed by atoms with van der Waals surface area (Å²) in [6.07, 6.45) is 3.57. The van der Waals surface area contributed by atoms with Gasteiger partial charge in [0.2, 0.25) is 5.91 Å². The number of carbonyl (C=O) groups excluding carboxylic acids is 1. The summed E-state index contributed by atoms with van der Waals surface area (Å²) in [5.41, 5.74) is 2.12. The minimum absolute atomic E-state index is 0.00346. The molecule has 0 unspecified atom stereocenters. The zero-order chi connectivity index (χ0) is 16.4. The number of aryl methyl sites for hydroxylation is 3. The highest BCUT2D eigenvalue weighted by Gasteiger charge is 2.33. The molecule has 1 saturated heterocycles. The van der Waals surface area contributed by atoms with Crippen molar-refractivity contribution in [1.29, 1.82) is 0 Å². The third kappa shape index (κ3) is 3.47. The Morgan fingerprint density at radius 1 is 1.43 bits per heavy atom. The van der Waals surface area contributed by atoms with E-state index < -0.39 is 0 Å². The number of hydrogen-bond acceptors (Lipinski definition) is 4. The lowest BCUT2D eigenvalue weighted by Crippen LogP contribution is -2.37. The van der Waals surface area contributed by atoms with Crippen molar-refractivity contribution in [3.63, 3.8) is 0 Å². The highest BCUT2D eigenvalue weighted by atomic mass is 16.5. The second-order valence-electron chi connectivity index (χ2n) is 6.08. The summed E-state index contributed by atoms with van der Waals surface area (Å²) >= 11 is 0. The second kappa shape index (κ2) is 6.58. The number of ether oxygens (including phenoxy) is 1. The van der Waals surface area contributed by atoms with Crippen LogP contribution in [0.3, 0.4) is 0 Å². The molecule has 0 saturated carbocycles. The fourth-order valence-electron chi connectivity index (χ4n) is 2.97. The van der Waals surface area contributed by atoms with Gasteiger partial charge in [0.05, 0.1) is 12.2 Å². The third-order valence-corrected chi connectivity index (χ3v) is 4.41. The van der Waals surface area contributed by atoms with Gasteiger partial charge < -0.3 is 14.5 Å². The molecule has 23 heavy (non-hydrogen) atoms. The quantitative estimate of drug-likeness (QED) is 0.918. The lowest BCUT2D eigenvalue weighted by molar-refractivity contribution is -0.122. The van der Waals surface area contributed by atoms with E-state index in [1.54, 1.807) is 0 Å². The number of furan rings is 1. The Balaban J connectivity index is 1.58. The fraction of sp³-hybridized carbons (Fsp3) is 0.529. The molecule has 1 N–H and O–H groups in total. The molecule has 3 rings (SSSR count). The minimum Gasteiger partial charge on any atom is -0.466 e. The molecular formula is C17H23N3O3. The lowest BCUT2D eigenvalue weighted by Gasteiger charge is -2.19. The van der Waals surface area contributed by atoms with Gasteiger partial charge in [0.15, 0.2) is 0 Å². The summed E-state index contributed by atoms with van der Waals surface area (Å²) in [5, 5.41) is 7.36. The largest absolute Gasteiger partial charge is 0.466 e. The number of carbonyl (C=O) groups is 1. The van der Waals surface area contributed by atoms with Gasteiger partial charge in [0.1, 0.15) is 17.6 Å². The predicted octanol–water partition coefficient (Wildman–Crippen LogP) is 2.21. The Labute approximate surface area is 135 Å².